The van der Waals surface area contributed by atoms with Crippen LogP contribution in [0.4, 0.5) is 5.69 Å². The fourth-order valence-electron chi connectivity index (χ4n) is 3.12. The molecule has 23 heavy (non-hydrogen) atoms. The van der Waals surface area contributed by atoms with E-state index in [0.29, 0.717) is 18.5 Å². The van der Waals surface area contributed by atoms with Gasteiger partial charge in [-0.15, -0.1) is 12.4 Å². The Balaban J connectivity index is 0.00000264. The molecule has 1 heterocycles. The summed E-state index contributed by atoms with van der Waals surface area (Å²) >= 11 is 0. The smallest absolute Gasteiger partial charge is 0.238 e. The largest absolute Gasteiger partial charge is 0.325 e. The van der Waals surface area contributed by atoms with Gasteiger partial charge in [0.25, 0.3) is 0 Å². The van der Waals surface area contributed by atoms with Gasteiger partial charge in [-0.3, -0.25) is 9.69 Å². The average Bonchev–Trinajstić information content (AvgIpc) is 3.01. The molecular weight excluding hydrogens is 310 g/mol. The Kier molecular flexibility index (Phi) is 8.59. The second-order valence-corrected chi connectivity index (χ2v) is 6.41. The Morgan fingerprint density at radius 1 is 1.39 bits per heavy atom. The number of carbonyl (C=O) groups is 1. The van der Waals surface area contributed by atoms with E-state index in [4.69, 9.17) is 0 Å². The van der Waals surface area contributed by atoms with Gasteiger partial charge >= 0.3 is 0 Å². The Morgan fingerprint density at radius 2 is 2.13 bits per heavy atom. The van der Waals surface area contributed by atoms with Gasteiger partial charge in [0.05, 0.1) is 6.54 Å². The maximum absolute atomic E-state index is 12.5. The summed E-state index contributed by atoms with van der Waals surface area (Å²) in [4.78, 5) is 14.8. The predicted molar refractivity (Wildman–Crippen MR) is 99.5 cm³/mol. The zero-order valence-electron chi connectivity index (χ0n) is 14.5. The normalized spacial score (nSPS) is 17.3. The molecule has 1 aromatic rings. The van der Waals surface area contributed by atoms with Crippen molar-refractivity contribution in [2.45, 2.75) is 45.6 Å². The molecule has 1 saturated heterocycles. The number of nitrogens with zero attached hydrogens (tertiary/aromatic N) is 1. The summed E-state index contributed by atoms with van der Waals surface area (Å²) in [5.74, 6) is 0.496. The lowest BCUT2D eigenvalue weighted by molar-refractivity contribution is -0.117. The molecule has 1 aliphatic heterocycles. The number of hydrogen-bond donors (Lipinski definition) is 2. The van der Waals surface area contributed by atoms with Gasteiger partial charge in [0.15, 0.2) is 0 Å². The maximum atomic E-state index is 12.5. The average molecular weight is 340 g/mol. The molecule has 1 aliphatic rings. The van der Waals surface area contributed by atoms with E-state index < -0.39 is 0 Å². The van der Waals surface area contributed by atoms with Crippen molar-refractivity contribution < 1.29 is 4.79 Å². The highest BCUT2D eigenvalue weighted by atomic mass is 35.5. The minimum Gasteiger partial charge on any atom is -0.325 e. The highest BCUT2D eigenvalue weighted by Gasteiger charge is 2.23. The lowest BCUT2D eigenvalue weighted by Crippen LogP contribution is -2.42. The van der Waals surface area contributed by atoms with Gasteiger partial charge in [-0.05, 0) is 43.5 Å². The second-order valence-electron chi connectivity index (χ2n) is 6.41. The van der Waals surface area contributed by atoms with Gasteiger partial charge in [-0.2, -0.15) is 0 Å². The van der Waals surface area contributed by atoms with Crippen LogP contribution >= 0.6 is 12.4 Å². The van der Waals surface area contributed by atoms with E-state index >= 15 is 0 Å². The minimum atomic E-state index is 0. The summed E-state index contributed by atoms with van der Waals surface area (Å²) in [6, 6.07) is 8.58. The molecule has 1 fully saturated rings. The standard InChI is InChI=1S/C18H29N3O.ClH/c1-4-11-21(15-9-10-19-12-15)13-18(22)20-17-8-6-5-7-16(17)14(2)3;/h5-8,14-15,19H,4,9-13H2,1-3H3,(H,20,22);1H. The van der Waals surface area contributed by atoms with Crippen molar-refractivity contribution in [3.63, 3.8) is 0 Å². The van der Waals surface area contributed by atoms with E-state index in [2.05, 4.69) is 42.4 Å². The highest BCUT2D eigenvalue weighted by Crippen LogP contribution is 2.23. The fraction of sp³-hybridized carbons (Fsp3) is 0.611. The van der Waals surface area contributed by atoms with Crippen LogP contribution in [0.3, 0.4) is 0 Å². The maximum Gasteiger partial charge on any atom is 0.238 e. The second kappa shape index (κ2) is 9.91. The van der Waals surface area contributed by atoms with Crippen molar-refractivity contribution in [2.75, 3.05) is 31.5 Å². The summed E-state index contributed by atoms with van der Waals surface area (Å²) < 4.78 is 0. The molecule has 2 N–H and O–H groups in total. The third kappa shape index (κ3) is 5.79. The van der Waals surface area contributed by atoms with Crippen molar-refractivity contribution in [3.05, 3.63) is 29.8 Å². The molecule has 2 rings (SSSR count). The van der Waals surface area contributed by atoms with Gasteiger partial charge in [0, 0.05) is 18.3 Å². The first-order chi connectivity index (χ1) is 10.6. The molecule has 5 heteroatoms. The van der Waals surface area contributed by atoms with Crippen LogP contribution in [0.2, 0.25) is 0 Å². The Morgan fingerprint density at radius 3 is 2.74 bits per heavy atom. The Labute approximate surface area is 146 Å². The predicted octanol–water partition coefficient (Wildman–Crippen LogP) is 3.24. The highest BCUT2D eigenvalue weighted by molar-refractivity contribution is 5.93. The van der Waals surface area contributed by atoms with E-state index in [-0.39, 0.29) is 18.3 Å². The number of amides is 1. The van der Waals surface area contributed by atoms with Crippen LogP contribution in [0.15, 0.2) is 24.3 Å². The number of nitrogens with one attached hydrogen (secondary N) is 2. The Bertz CT molecular complexity index is 487. The number of para-hydroxylation sites is 1. The molecule has 1 unspecified atom stereocenters. The molecule has 0 radical (unpaired) electrons. The van der Waals surface area contributed by atoms with Crippen LogP contribution in [-0.4, -0.2) is 43.0 Å². The lowest BCUT2D eigenvalue weighted by Gasteiger charge is -2.27. The zero-order valence-corrected chi connectivity index (χ0v) is 15.3. The van der Waals surface area contributed by atoms with E-state index in [1.807, 2.05) is 18.2 Å². The van der Waals surface area contributed by atoms with Crippen LogP contribution in [0, 0.1) is 0 Å². The first-order valence-corrected chi connectivity index (χ1v) is 8.45. The summed E-state index contributed by atoms with van der Waals surface area (Å²) in [5, 5.41) is 6.49. The number of benzene rings is 1. The van der Waals surface area contributed by atoms with Crippen LogP contribution in [0.25, 0.3) is 0 Å². The van der Waals surface area contributed by atoms with Crippen molar-refractivity contribution in [2.24, 2.45) is 0 Å². The van der Waals surface area contributed by atoms with Crippen LogP contribution in [0.1, 0.15) is 45.1 Å². The van der Waals surface area contributed by atoms with E-state index in [0.717, 1.165) is 38.2 Å². The molecule has 1 aromatic carbocycles. The number of halogens is 1. The minimum absolute atomic E-state index is 0. The molecule has 0 spiro atoms. The van der Waals surface area contributed by atoms with Crippen molar-refractivity contribution in [3.8, 4) is 0 Å². The van der Waals surface area contributed by atoms with E-state index in [1.165, 1.54) is 5.56 Å². The SMILES string of the molecule is CCCN(CC(=O)Nc1ccccc1C(C)C)C1CCNC1.Cl. The molecule has 1 atom stereocenters. The van der Waals surface area contributed by atoms with E-state index in [1.54, 1.807) is 0 Å². The van der Waals surface area contributed by atoms with Crippen LogP contribution < -0.4 is 10.6 Å². The van der Waals surface area contributed by atoms with Gasteiger partial charge in [0.2, 0.25) is 5.91 Å². The molecule has 1 amide bonds. The summed E-state index contributed by atoms with van der Waals surface area (Å²) in [5.41, 5.74) is 2.14. The van der Waals surface area contributed by atoms with Crippen molar-refractivity contribution >= 4 is 24.0 Å². The lowest BCUT2D eigenvalue weighted by atomic mass is 10.0. The third-order valence-corrected chi connectivity index (χ3v) is 4.27. The van der Waals surface area contributed by atoms with Gasteiger partial charge in [-0.25, -0.2) is 0 Å². The molecular formula is C18H30ClN3O. The van der Waals surface area contributed by atoms with Gasteiger partial charge in [-0.1, -0.05) is 39.0 Å². The van der Waals surface area contributed by atoms with Crippen molar-refractivity contribution in [1.82, 2.24) is 10.2 Å². The quantitative estimate of drug-likeness (QED) is 0.801. The van der Waals surface area contributed by atoms with Crippen LogP contribution in [-0.2, 0) is 4.79 Å². The van der Waals surface area contributed by atoms with Crippen LogP contribution in [0.5, 0.6) is 0 Å². The number of anilines is 1. The molecule has 0 aromatic heterocycles. The van der Waals surface area contributed by atoms with E-state index in [9.17, 15) is 4.79 Å². The van der Waals surface area contributed by atoms with Gasteiger partial charge < -0.3 is 10.6 Å². The monoisotopic (exact) mass is 339 g/mol. The first-order valence-electron chi connectivity index (χ1n) is 8.45. The Hall–Kier alpha value is -1.10. The molecule has 130 valence electrons. The van der Waals surface area contributed by atoms with Gasteiger partial charge in [0.1, 0.15) is 0 Å². The number of rotatable bonds is 7. The molecule has 0 saturated carbocycles. The molecule has 0 aliphatic carbocycles. The summed E-state index contributed by atoms with van der Waals surface area (Å²) in [7, 11) is 0. The number of hydrogen-bond acceptors (Lipinski definition) is 3. The summed E-state index contributed by atoms with van der Waals surface area (Å²) in [6.07, 6.45) is 2.21. The summed E-state index contributed by atoms with van der Waals surface area (Å²) in [6.45, 7) is 9.98. The van der Waals surface area contributed by atoms with Crippen molar-refractivity contribution in [1.29, 1.82) is 0 Å². The topological polar surface area (TPSA) is 44.4 Å². The first kappa shape index (κ1) is 19.9. The zero-order chi connectivity index (χ0) is 15.9. The molecule has 4 nitrogen and oxygen atoms in total. The molecule has 0 bridgehead atoms. The fourth-order valence-corrected chi connectivity index (χ4v) is 3.12. The third-order valence-electron chi connectivity index (χ3n) is 4.27. The number of carbonyl (C=O) groups excluding carboxylic acids is 1.